The van der Waals surface area contributed by atoms with E-state index in [1.807, 2.05) is 19.8 Å². The van der Waals surface area contributed by atoms with Gasteiger partial charge in [0.25, 0.3) is 0 Å². The van der Waals surface area contributed by atoms with Gasteiger partial charge in [-0.15, -0.1) is 11.8 Å². The number of hydrogen-bond donors (Lipinski definition) is 4. The molecule has 0 aromatic heterocycles. The van der Waals surface area contributed by atoms with Crippen molar-refractivity contribution in [1.29, 1.82) is 0 Å². The first-order valence-electron chi connectivity index (χ1n) is 10.3. The summed E-state index contributed by atoms with van der Waals surface area (Å²) in [6, 6.07) is -1.20. The number of hydrogen-bond acceptors (Lipinski definition) is 7. The molecule has 2 rings (SSSR count). The molecule has 2 aliphatic rings. The maximum absolute atomic E-state index is 13.7. The van der Waals surface area contributed by atoms with Gasteiger partial charge in [-0.1, -0.05) is 13.8 Å². The molecule has 0 spiro atoms. The van der Waals surface area contributed by atoms with Gasteiger partial charge in [0.1, 0.15) is 17.2 Å². The second kappa shape index (κ2) is 9.96. The fourth-order valence-corrected chi connectivity index (χ4v) is 5.66. The minimum absolute atomic E-state index is 0.00216. The summed E-state index contributed by atoms with van der Waals surface area (Å²) in [6.45, 7) is 9.75. The van der Waals surface area contributed by atoms with E-state index in [1.165, 1.54) is 0 Å². The number of rotatable bonds is 9. The highest BCUT2D eigenvalue weighted by atomic mass is 32.2. The maximum Gasteiger partial charge on any atom is 0.242 e. The van der Waals surface area contributed by atoms with E-state index in [-0.39, 0.29) is 22.5 Å². The Kier molecular flexibility index (Phi) is 8.10. The number of nitrogens with zero attached hydrogens (tertiary/aromatic N) is 2. The third kappa shape index (κ3) is 5.43. The van der Waals surface area contributed by atoms with Crippen molar-refractivity contribution in [3.8, 4) is 0 Å². The van der Waals surface area contributed by atoms with E-state index in [0.29, 0.717) is 44.5 Å². The summed E-state index contributed by atoms with van der Waals surface area (Å²) in [4.78, 5) is 41.9. The zero-order chi connectivity index (χ0) is 22.5. The first-order valence-corrected chi connectivity index (χ1v) is 11.1. The van der Waals surface area contributed by atoms with Crippen LogP contribution in [0.25, 0.3) is 0 Å². The van der Waals surface area contributed by atoms with E-state index in [2.05, 4.69) is 29.5 Å². The van der Waals surface area contributed by atoms with Crippen LogP contribution in [0.5, 0.6) is 0 Å². The van der Waals surface area contributed by atoms with Gasteiger partial charge in [0.15, 0.2) is 5.96 Å². The van der Waals surface area contributed by atoms with E-state index in [9.17, 15) is 14.4 Å². The first-order chi connectivity index (χ1) is 14.1. The molecular formula is C20H34N6O3S. The molecule has 0 radical (unpaired) electrons. The zero-order valence-electron chi connectivity index (χ0n) is 18.2. The highest BCUT2D eigenvalue weighted by Crippen LogP contribution is 2.48. The molecule has 3 atom stereocenters. The van der Waals surface area contributed by atoms with Gasteiger partial charge in [0, 0.05) is 36.4 Å². The van der Waals surface area contributed by atoms with Crippen LogP contribution in [0.15, 0.2) is 10.6 Å². The van der Waals surface area contributed by atoms with Gasteiger partial charge in [-0.3, -0.25) is 15.1 Å². The Labute approximate surface area is 182 Å². The molecule has 2 saturated heterocycles. The summed E-state index contributed by atoms with van der Waals surface area (Å²) in [5.41, 5.74) is 11.3. The molecule has 10 heteroatoms. The van der Waals surface area contributed by atoms with Crippen LogP contribution in [0.1, 0.15) is 47.0 Å². The van der Waals surface area contributed by atoms with E-state index in [1.54, 1.807) is 16.7 Å². The van der Waals surface area contributed by atoms with Gasteiger partial charge >= 0.3 is 0 Å². The SMILES string of the molecule is CC(C)C1(N(C(=O)[C@@H]2CC(=C=O)CN2)[C@H](C=O)CCCN=C(N)N)NCC(C)(C)S1. The van der Waals surface area contributed by atoms with Crippen molar-refractivity contribution in [2.45, 2.75) is 68.8 Å². The summed E-state index contributed by atoms with van der Waals surface area (Å²) in [5.74, 6) is 1.75. The quantitative estimate of drug-likeness (QED) is 0.129. The number of nitrogens with one attached hydrogen (secondary N) is 2. The van der Waals surface area contributed by atoms with Crippen molar-refractivity contribution in [2.75, 3.05) is 19.6 Å². The molecule has 0 aromatic carbocycles. The Morgan fingerprint density at radius 2 is 2.13 bits per heavy atom. The maximum atomic E-state index is 13.7. The summed E-state index contributed by atoms with van der Waals surface area (Å²) >= 11 is 1.67. The Morgan fingerprint density at radius 1 is 1.43 bits per heavy atom. The minimum atomic E-state index is -0.738. The van der Waals surface area contributed by atoms with E-state index in [4.69, 9.17) is 11.5 Å². The number of aldehydes is 1. The van der Waals surface area contributed by atoms with E-state index >= 15 is 0 Å². The molecule has 1 amide bonds. The van der Waals surface area contributed by atoms with Gasteiger partial charge < -0.3 is 26.5 Å². The van der Waals surface area contributed by atoms with E-state index in [0.717, 1.165) is 6.29 Å². The summed E-state index contributed by atoms with van der Waals surface area (Å²) < 4.78 is -0.106. The number of amides is 1. The topological polar surface area (TPSA) is 143 Å². The number of aliphatic imine (C=N–C) groups is 1. The number of nitrogens with two attached hydrogens (primary N) is 2. The zero-order valence-corrected chi connectivity index (χ0v) is 19.1. The fraction of sp³-hybridized carbons (Fsp3) is 0.750. The van der Waals surface area contributed by atoms with Gasteiger partial charge in [-0.25, -0.2) is 4.79 Å². The van der Waals surface area contributed by atoms with Crippen LogP contribution in [-0.4, -0.2) is 70.5 Å². The second-order valence-electron chi connectivity index (χ2n) is 8.77. The normalized spacial score (nSPS) is 26.3. The van der Waals surface area contributed by atoms with Crippen LogP contribution in [-0.2, 0) is 14.4 Å². The summed E-state index contributed by atoms with van der Waals surface area (Å²) in [5, 5.41) is 6.64. The molecule has 0 saturated carbocycles. The summed E-state index contributed by atoms with van der Waals surface area (Å²) in [6.07, 6.45) is 2.13. The molecule has 2 fully saturated rings. The molecule has 0 aromatic rings. The van der Waals surface area contributed by atoms with Gasteiger partial charge in [-0.05, 0) is 32.6 Å². The van der Waals surface area contributed by atoms with Crippen molar-refractivity contribution >= 4 is 35.9 Å². The molecule has 30 heavy (non-hydrogen) atoms. The molecule has 2 aliphatic heterocycles. The molecule has 0 bridgehead atoms. The Morgan fingerprint density at radius 3 is 2.60 bits per heavy atom. The van der Waals surface area contributed by atoms with Gasteiger partial charge in [-0.2, -0.15) is 0 Å². The number of thioether (sulfide) groups is 1. The van der Waals surface area contributed by atoms with Gasteiger partial charge in [0.2, 0.25) is 5.91 Å². The van der Waals surface area contributed by atoms with Crippen molar-refractivity contribution < 1.29 is 14.4 Å². The summed E-state index contributed by atoms with van der Waals surface area (Å²) in [7, 11) is 0. The second-order valence-corrected chi connectivity index (χ2v) is 10.7. The lowest BCUT2D eigenvalue weighted by molar-refractivity contribution is -0.145. The highest BCUT2D eigenvalue weighted by Gasteiger charge is 2.54. The van der Waals surface area contributed by atoms with Crippen LogP contribution < -0.4 is 22.1 Å². The highest BCUT2D eigenvalue weighted by molar-refractivity contribution is 8.02. The Bertz CT molecular complexity index is 730. The molecule has 0 aliphatic carbocycles. The largest absolute Gasteiger partial charge is 0.370 e. The molecule has 6 N–H and O–H groups in total. The molecule has 1 unspecified atom stereocenters. The van der Waals surface area contributed by atoms with Crippen molar-refractivity contribution in [3.63, 3.8) is 0 Å². The Hall–Kier alpha value is -1.87. The number of carbonyl (C=O) groups is 2. The van der Waals surface area contributed by atoms with Crippen LogP contribution in [0.2, 0.25) is 0 Å². The lowest BCUT2D eigenvalue weighted by Gasteiger charge is -2.47. The van der Waals surface area contributed by atoms with Crippen LogP contribution >= 0.6 is 11.8 Å². The third-order valence-electron chi connectivity index (χ3n) is 5.47. The number of carbonyl (C=O) groups excluding carboxylic acids is 3. The fourth-order valence-electron chi connectivity index (χ4n) is 3.96. The van der Waals surface area contributed by atoms with Crippen LogP contribution in [0.4, 0.5) is 0 Å². The van der Waals surface area contributed by atoms with Crippen molar-refractivity contribution in [2.24, 2.45) is 22.4 Å². The molecular weight excluding hydrogens is 404 g/mol. The molecule has 2 heterocycles. The Balaban J connectivity index is 2.38. The predicted octanol–water partition coefficient (Wildman–Crippen LogP) is -0.0192. The van der Waals surface area contributed by atoms with Crippen molar-refractivity contribution in [1.82, 2.24) is 15.5 Å². The lowest BCUT2D eigenvalue weighted by Crippen LogP contribution is -2.65. The van der Waals surface area contributed by atoms with Crippen molar-refractivity contribution in [3.05, 3.63) is 5.57 Å². The smallest absolute Gasteiger partial charge is 0.242 e. The monoisotopic (exact) mass is 438 g/mol. The van der Waals surface area contributed by atoms with Crippen LogP contribution in [0.3, 0.4) is 0 Å². The molecule has 9 nitrogen and oxygen atoms in total. The number of guanidine groups is 1. The first kappa shape index (κ1) is 24.4. The molecule has 168 valence electrons. The van der Waals surface area contributed by atoms with E-state index < -0.39 is 17.1 Å². The lowest BCUT2D eigenvalue weighted by atomic mass is 10.0. The van der Waals surface area contributed by atoms with Crippen LogP contribution in [0, 0.1) is 5.92 Å². The average molecular weight is 439 g/mol. The average Bonchev–Trinajstić information content (AvgIpc) is 3.28. The van der Waals surface area contributed by atoms with Gasteiger partial charge in [0.05, 0.1) is 12.1 Å². The third-order valence-corrected chi connectivity index (χ3v) is 7.29. The predicted molar refractivity (Wildman–Crippen MR) is 119 cm³/mol. The standard InChI is InChI=1S/C20H34N6O3S/c1-13(2)20(25-12-19(3,4)30-20)26(15(11-28)6-5-7-23-18(21)22)17(29)16-8-14(10-27)9-24-16/h11,13,15-16,24-25H,5-9,12H2,1-4H3,(H4,21,22,23)/t15-,16-,20?/m0/s1. The minimum Gasteiger partial charge on any atom is -0.370 e.